The van der Waals surface area contributed by atoms with E-state index in [-0.39, 0.29) is 18.3 Å². The summed E-state index contributed by atoms with van der Waals surface area (Å²) in [6, 6.07) is 11.5. The molecule has 1 aromatic carbocycles. The fraction of sp³-hybridized carbons (Fsp3) is 0.381. The fourth-order valence-electron chi connectivity index (χ4n) is 4.06. The minimum atomic E-state index is -1.12. The van der Waals surface area contributed by atoms with Crippen molar-refractivity contribution in [2.24, 2.45) is 0 Å². The van der Waals surface area contributed by atoms with Crippen LogP contribution in [0.3, 0.4) is 0 Å². The fourth-order valence-corrected chi connectivity index (χ4v) is 4.06. The Bertz CT molecular complexity index is 887. The van der Waals surface area contributed by atoms with Crippen molar-refractivity contribution in [3.8, 4) is 0 Å². The largest absolute Gasteiger partial charge is 0.480 e. The van der Waals surface area contributed by atoms with Crippen LogP contribution in [0, 0.1) is 0 Å². The summed E-state index contributed by atoms with van der Waals surface area (Å²) in [4.78, 5) is 40.3. The summed E-state index contributed by atoms with van der Waals surface area (Å²) < 4.78 is 11.1. The Kier molecular flexibility index (Phi) is 5.10. The molecule has 3 heterocycles. The molecule has 29 heavy (non-hydrogen) atoms. The number of ether oxygens (including phenoxy) is 1. The first-order valence-corrected chi connectivity index (χ1v) is 9.56. The van der Waals surface area contributed by atoms with Crippen molar-refractivity contribution in [3.63, 3.8) is 0 Å². The number of rotatable bonds is 4. The van der Waals surface area contributed by atoms with E-state index in [1.54, 1.807) is 11.0 Å². The van der Waals surface area contributed by atoms with Crippen LogP contribution in [-0.2, 0) is 20.7 Å². The van der Waals surface area contributed by atoms with Gasteiger partial charge in [0, 0.05) is 25.9 Å². The Morgan fingerprint density at radius 2 is 1.79 bits per heavy atom. The topological polar surface area (TPSA) is 100 Å². The summed E-state index contributed by atoms with van der Waals surface area (Å²) in [5, 5.41) is 9.58. The average Bonchev–Trinajstić information content (AvgIpc) is 3.38. The van der Waals surface area contributed by atoms with Crippen LogP contribution in [-0.4, -0.2) is 64.2 Å². The summed E-state index contributed by atoms with van der Waals surface area (Å²) in [7, 11) is 0. The number of carbonyl (C=O) groups excluding carboxylic acids is 2. The van der Waals surface area contributed by atoms with E-state index in [4.69, 9.17) is 9.15 Å². The maximum absolute atomic E-state index is 13.0. The first kappa shape index (κ1) is 19.2. The lowest BCUT2D eigenvalue weighted by Crippen LogP contribution is -2.58. The number of likely N-dealkylation sites (tertiary alicyclic amines) is 1. The van der Waals surface area contributed by atoms with Crippen LogP contribution in [0.1, 0.15) is 29.0 Å². The Morgan fingerprint density at radius 1 is 1.07 bits per heavy atom. The van der Waals surface area contributed by atoms with E-state index in [0.717, 1.165) is 5.56 Å². The summed E-state index contributed by atoms with van der Waals surface area (Å²) in [6.07, 6.45) is 2.38. The van der Waals surface area contributed by atoms with Crippen molar-refractivity contribution in [2.75, 3.05) is 19.7 Å². The molecule has 1 aromatic heterocycles. The van der Waals surface area contributed by atoms with Gasteiger partial charge in [0.2, 0.25) is 5.91 Å². The number of carbonyl (C=O) groups is 3. The number of piperidine rings is 1. The summed E-state index contributed by atoms with van der Waals surface area (Å²) in [6.45, 7) is 0.694. The molecule has 2 aromatic rings. The number of hydrogen-bond donors (Lipinski definition) is 1. The second-order valence-electron chi connectivity index (χ2n) is 7.31. The number of carboxylic acid groups (broad SMARTS) is 1. The number of furan rings is 1. The first-order chi connectivity index (χ1) is 14.0. The predicted octanol–water partition coefficient (Wildman–Crippen LogP) is 1.77. The van der Waals surface area contributed by atoms with Crippen molar-refractivity contribution >= 4 is 17.8 Å². The van der Waals surface area contributed by atoms with Gasteiger partial charge in [0.1, 0.15) is 5.72 Å². The van der Waals surface area contributed by atoms with Gasteiger partial charge in [-0.25, -0.2) is 4.79 Å². The number of carboxylic acids is 1. The molecule has 2 amide bonds. The van der Waals surface area contributed by atoms with E-state index < -0.39 is 23.6 Å². The smallest absolute Gasteiger partial charge is 0.328 e. The molecular formula is C21H22N2O6. The van der Waals surface area contributed by atoms with Crippen LogP contribution in [0.4, 0.5) is 0 Å². The van der Waals surface area contributed by atoms with Gasteiger partial charge < -0.3 is 19.2 Å². The third-order valence-electron chi connectivity index (χ3n) is 5.59. The van der Waals surface area contributed by atoms with Crippen LogP contribution in [0.15, 0.2) is 53.1 Å². The Morgan fingerprint density at radius 3 is 2.41 bits per heavy atom. The van der Waals surface area contributed by atoms with E-state index in [1.807, 2.05) is 30.3 Å². The number of benzene rings is 1. The highest BCUT2D eigenvalue weighted by molar-refractivity contribution is 5.95. The number of aliphatic carboxylic acids is 1. The standard InChI is InChI=1S/C21H22N2O6/c24-18(13-15-5-2-1-3-6-15)22-10-8-21(9-11-22)23(16(14-29-21)20(26)27)19(25)17-7-4-12-28-17/h1-7,12,16H,8-11,13-14H2,(H,26,27). The molecule has 1 unspecified atom stereocenters. The molecule has 1 atom stereocenters. The molecule has 4 rings (SSSR count). The lowest BCUT2D eigenvalue weighted by molar-refractivity contribution is -0.147. The molecule has 2 fully saturated rings. The lowest BCUT2D eigenvalue weighted by Gasteiger charge is -2.44. The number of nitrogens with zero attached hydrogens (tertiary/aromatic N) is 2. The highest BCUT2D eigenvalue weighted by Gasteiger charge is 2.54. The second kappa shape index (κ2) is 7.71. The van der Waals surface area contributed by atoms with Gasteiger partial charge in [0.15, 0.2) is 11.8 Å². The van der Waals surface area contributed by atoms with Gasteiger partial charge in [-0.05, 0) is 17.7 Å². The molecule has 8 heteroatoms. The molecule has 2 aliphatic heterocycles. The molecule has 2 aliphatic rings. The quantitative estimate of drug-likeness (QED) is 0.843. The van der Waals surface area contributed by atoms with Gasteiger partial charge >= 0.3 is 5.97 Å². The minimum absolute atomic E-state index is 0.00254. The lowest BCUT2D eigenvalue weighted by atomic mass is 9.96. The summed E-state index contributed by atoms with van der Waals surface area (Å²) >= 11 is 0. The van der Waals surface area contributed by atoms with Crippen molar-refractivity contribution < 1.29 is 28.6 Å². The maximum Gasteiger partial charge on any atom is 0.328 e. The maximum atomic E-state index is 13.0. The van der Waals surface area contributed by atoms with E-state index in [9.17, 15) is 19.5 Å². The second-order valence-corrected chi connectivity index (χ2v) is 7.31. The molecule has 8 nitrogen and oxygen atoms in total. The molecule has 1 spiro atoms. The molecule has 0 saturated carbocycles. The van der Waals surface area contributed by atoms with Gasteiger partial charge in [-0.3, -0.25) is 14.5 Å². The SMILES string of the molecule is O=C(O)C1COC2(CCN(C(=O)Cc3ccccc3)CC2)N1C(=O)c1ccco1. The number of hydrogen-bond acceptors (Lipinski definition) is 5. The monoisotopic (exact) mass is 398 g/mol. The third kappa shape index (κ3) is 3.63. The van der Waals surface area contributed by atoms with Gasteiger partial charge in [-0.2, -0.15) is 0 Å². The normalized spacial score (nSPS) is 20.8. The van der Waals surface area contributed by atoms with Crippen molar-refractivity contribution in [1.82, 2.24) is 9.80 Å². The number of amides is 2. The Labute approximate surface area is 167 Å². The Hall–Kier alpha value is -3.13. The van der Waals surface area contributed by atoms with E-state index in [1.165, 1.54) is 17.2 Å². The molecule has 1 N–H and O–H groups in total. The highest BCUT2D eigenvalue weighted by atomic mass is 16.5. The van der Waals surface area contributed by atoms with Gasteiger partial charge in [-0.15, -0.1) is 0 Å². The summed E-state index contributed by atoms with van der Waals surface area (Å²) in [5.74, 6) is -1.56. The zero-order valence-corrected chi connectivity index (χ0v) is 15.8. The Balaban J connectivity index is 1.48. The highest BCUT2D eigenvalue weighted by Crippen LogP contribution is 2.38. The predicted molar refractivity (Wildman–Crippen MR) is 101 cm³/mol. The van der Waals surface area contributed by atoms with E-state index in [0.29, 0.717) is 32.4 Å². The van der Waals surface area contributed by atoms with Crippen LogP contribution < -0.4 is 0 Å². The van der Waals surface area contributed by atoms with Crippen molar-refractivity contribution in [2.45, 2.75) is 31.0 Å². The van der Waals surface area contributed by atoms with E-state index in [2.05, 4.69) is 0 Å². The molecule has 2 saturated heterocycles. The van der Waals surface area contributed by atoms with Gasteiger partial charge in [-0.1, -0.05) is 30.3 Å². The zero-order valence-electron chi connectivity index (χ0n) is 15.8. The van der Waals surface area contributed by atoms with Gasteiger partial charge in [0.05, 0.1) is 19.3 Å². The van der Waals surface area contributed by atoms with Crippen molar-refractivity contribution in [1.29, 1.82) is 0 Å². The van der Waals surface area contributed by atoms with Crippen LogP contribution >= 0.6 is 0 Å². The van der Waals surface area contributed by atoms with Gasteiger partial charge in [0.25, 0.3) is 5.91 Å². The van der Waals surface area contributed by atoms with Crippen molar-refractivity contribution in [3.05, 3.63) is 60.1 Å². The molecule has 0 aliphatic carbocycles. The third-order valence-corrected chi connectivity index (χ3v) is 5.59. The summed E-state index contributed by atoms with van der Waals surface area (Å²) in [5.41, 5.74) is -0.105. The van der Waals surface area contributed by atoms with Crippen LogP contribution in [0.25, 0.3) is 0 Å². The van der Waals surface area contributed by atoms with E-state index >= 15 is 0 Å². The molecule has 152 valence electrons. The van der Waals surface area contributed by atoms with Crippen LogP contribution in [0.5, 0.6) is 0 Å². The first-order valence-electron chi connectivity index (χ1n) is 9.56. The molecule has 0 radical (unpaired) electrons. The average molecular weight is 398 g/mol. The minimum Gasteiger partial charge on any atom is -0.480 e. The molecular weight excluding hydrogens is 376 g/mol. The zero-order chi connectivity index (χ0) is 20.4. The molecule has 0 bridgehead atoms. The van der Waals surface area contributed by atoms with Crippen LogP contribution in [0.2, 0.25) is 0 Å².